The molecule has 2 aromatic heterocycles. The molecule has 0 atom stereocenters. The molecule has 0 unspecified atom stereocenters. The fourth-order valence-electron chi connectivity index (χ4n) is 10.3. The first-order chi connectivity index (χ1) is 34.2. The molecule has 0 radical (unpaired) electrons. The van der Waals surface area contributed by atoms with Gasteiger partial charge in [0.2, 0.25) is 0 Å². The summed E-state index contributed by atoms with van der Waals surface area (Å²) in [5, 5.41) is 5.12. The highest BCUT2D eigenvalue weighted by Gasteiger charge is 2.19. The average Bonchev–Trinajstić information content (AvgIpc) is 3.98. The van der Waals surface area contributed by atoms with Crippen LogP contribution < -0.4 is 4.90 Å². The molecule has 13 rings (SSSR count). The summed E-state index contributed by atoms with van der Waals surface area (Å²) in [5.74, 6) is 0. The van der Waals surface area contributed by atoms with Crippen LogP contribution >= 0.6 is 11.3 Å². The van der Waals surface area contributed by atoms with Gasteiger partial charge >= 0.3 is 0 Å². The molecule has 0 saturated carbocycles. The number of fused-ring (bicyclic) bond motifs is 6. The zero-order valence-corrected chi connectivity index (χ0v) is 38.5. The fraction of sp³-hybridized carbons (Fsp3) is 0. The molecular formula is C66H44N2S. The second-order valence-electron chi connectivity index (χ2n) is 17.7. The lowest BCUT2D eigenvalue weighted by Gasteiger charge is -2.26. The van der Waals surface area contributed by atoms with Crippen LogP contribution in [0.4, 0.5) is 17.1 Å². The third kappa shape index (κ3) is 7.37. The maximum atomic E-state index is 2.45. The first-order valence-corrected chi connectivity index (χ1v) is 24.4. The predicted molar refractivity (Wildman–Crippen MR) is 296 cm³/mol. The van der Waals surface area contributed by atoms with Crippen LogP contribution in [0.2, 0.25) is 0 Å². The van der Waals surface area contributed by atoms with E-state index in [4.69, 9.17) is 0 Å². The minimum atomic E-state index is 1.09. The van der Waals surface area contributed by atoms with E-state index >= 15 is 0 Å². The highest BCUT2D eigenvalue weighted by molar-refractivity contribution is 7.25. The largest absolute Gasteiger partial charge is 0.310 e. The number of benzene rings is 11. The summed E-state index contributed by atoms with van der Waals surface area (Å²) in [7, 11) is 0. The second kappa shape index (κ2) is 17.2. The molecule has 2 heterocycles. The number of thiophene rings is 1. The Morgan fingerprint density at radius 3 is 1.42 bits per heavy atom. The van der Waals surface area contributed by atoms with E-state index in [-0.39, 0.29) is 0 Å². The third-order valence-electron chi connectivity index (χ3n) is 13.6. The Bertz CT molecular complexity index is 3980. The van der Waals surface area contributed by atoms with Gasteiger partial charge in [-0.05, 0) is 134 Å². The van der Waals surface area contributed by atoms with E-state index in [0.717, 1.165) is 22.6 Å². The Morgan fingerprint density at radius 2 is 0.754 bits per heavy atom. The van der Waals surface area contributed by atoms with Crippen LogP contribution in [0.25, 0.3) is 103 Å². The zero-order chi connectivity index (χ0) is 45.7. The van der Waals surface area contributed by atoms with E-state index in [1.807, 2.05) is 11.3 Å². The number of anilines is 3. The topological polar surface area (TPSA) is 8.17 Å². The van der Waals surface area contributed by atoms with Gasteiger partial charge in [0, 0.05) is 53.7 Å². The van der Waals surface area contributed by atoms with Crippen molar-refractivity contribution >= 4 is 70.4 Å². The van der Waals surface area contributed by atoms with Crippen molar-refractivity contribution in [2.45, 2.75) is 0 Å². The minimum Gasteiger partial charge on any atom is -0.310 e. The number of para-hydroxylation sites is 1. The molecule has 0 aliphatic rings. The van der Waals surface area contributed by atoms with Gasteiger partial charge in [0.15, 0.2) is 0 Å². The van der Waals surface area contributed by atoms with Crippen molar-refractivity contribution in [3.05, 3.63) is 267 Å². The van der Waals surface area contributed by atoms with Crippen molar-refractivity contribution in [2.75, 3.05) is 4.90 Å². The molecule has 0 fully saturated rings. The first kappa shape index (κ1) is 40.5. The summed E-state index contributed by atoms with van der Waals surface area (Å²) in [6.45, 7) is 0. The summed E-state index contributed by atoms with van der Waals surface area (Å²) < 4.78 is 5.08. The standard InChI is InChI=1S/C66H44N2S/c1-3-14-45(15-4-1)47-28-30-48(31-29-47)50-34-38-55(39-35-50)67(54-36-32-49(33-37-54)46-16-5-2-6-17-46)56-21-12-19-52(43-56)51-18-11-20-53(42-51)58-24-13-26-63-66(58)60-23-7-9-25-62(60)68(63)57-40-41-65-61(44-57)59-22-8-10-27-64(59)69-65/h1-44H. The van der Waals surface area contributed by atoms with Gasteiger partial charge in [0.1, 0.15) is 0 Å². The van der Waals surface area contributed by atoms with Gasteiger partial charge in [-0.1, -0.05) is 188 Å². The molecule has 0 bridgehead atoms. The van der Waals surface area contributed by atoms with E-state index in [1.165, 1.54) is 97.7 Å². The summed E-state index contributed by atoms with van der Waals surface area (Å²) in [4.78, 5) is 2.37. The SMILES string of the molecule is c1ccc(-c2ccc(-c3ccc(N(c4ccc(-c5ccccc5)cc4)c4cccc(-c5cccc(-c6cccc7c6c6ccccc6n7-c6ccc7sc8ccccc8c7c6)c5)c4)cc3)cc2)cc1. The van der Waals surface area contributed by atoms with Crippen molar-refractivity contribution in [2.24, 2.45) is 0 Å². The number of nitrogens with zero attached hydrogens (tertiary/aromatic N) is 2. The van der Waals surface area contributed by atoms with Gasteiger partial charge in [-0.25, -0.2) is 0 Å². The lowest BCUT2D eigenvalue weighted by molar-refractivity contribution is 1.19. The van der Waals surface area contributed by atoms with Crippen LogP contribution in [0.1, 0.15) is 0 Å². The van der Waals surface area contributed by atoms with Gasteiger partial charge < -0.3 is 9.47 Å². The Morgan fingerprint density at radius 1 is 0.275 bits per heavy atom. The lowest BCUT2D eigenvalue weighted by atomic mass is 9.95. The van der Waals surface area contributed by atoms with Gasteiger partial charge in [0.25, 0.3) is 0 Å². The molecule has 0 N–H and O–H groups in total. The quantitative estimate of drug-likeness (QED) is 0.140. The number of hydrogen-bond acceptors (Lipinski definition) is 2. The minimum absolute atomic E-state index is 1.09. The Labute approximate surface area is 405 Å². The third-order valence-corrected chi connectivity index (χ3v) is 14.8. The van der Waals surface area contributed by atoms with Gasteiger partial charge in [-0.2, -0.15) is 0 Å². The van der Waals surface area contributed by atoms with Gasteiger partial charge in [-0.15, -0.1) is 11.3 Å². The smallest absolute Gasteiger partial charge is 0.0547 e. The van der Waals surface area contributed by atoms with E-state index in [9.17, 15) is 0 Å². The molecule has 13 aromatic rings. The fourth-order valence-corrected chi connectivity index (χ4v) is 11.3. The summed E-state index contributed by atoms with van der Waals surface area (Å²) in [6, 6.07) is 97.3. The van der Waals surface area contributed by atoms with Crippen molar-refractivity contribution in [3.63, 3.8) is 0 Å². The maximum absolute atomic E-state index is 2.45. The van der Waals surface area contributed by atoms with Gasteiger partial charge in [-0.3, -0.25) is 0 Å². The van der Waals surface area contributed by atoms with Crippen LogP contribution in [0.5, 0.6) is 0 Å². The Balaban J connectivity index is 0.881. The van der Waals surface area contributed by atoms with Crippen molar-refractivity contribution in [3.8, 4) is 61.3 Å². The van der Waals surface area contributed by atoms with Crippen molar-refractivity contribution in [1.82, 2.24) is 4.57 Å². The molecule has 2 nitrogen and oxygen atoms in total. The molecule has 0 aliphatic heterocycles. The molecule has 0 aliphatic carbocycles. The molecule has 324 valence electrons. The summed E-state index contributed by atoms with van der Waals surface area (Å²) in [5.41, 5.74) is 18.8. The second-order valence-corrected chi connectivity index (χ2v) is 18.8. The highest BCUT2D eigenvalue weighted by atomic mass is 32.1. The Hall–Kier alpha value is -8.76. The number of hydrogen-bond donors (Lipinski definition) is 0. The summed E-state index contributed by atoms with van der Waals surface area (Å²) >= 11 is 1.86. The van der Waals surface area contributed by atoms with Crippen LogP contribution in [-0.4, -0.2) is 4.57 Å². The summed E-state index contributed by atoms with van der Waals surface area (Å²) in [6.07, 6.45) is 0. The van der Waals surface area contributed by atoms with E-state index < -0.39 is 0 Å². The van der Waals surface area contributed by atoms with Crippen molar-refractivity contribution in [1.29, 1.82) is 0 Å². The van der Waals surface area contributed by atoms with Crippen LogP contribution in [0, 0.1) is 0 Å². The van der Waals surface area contributed by atoms with E-state index in [0.29, 0.717) is 0 Å². The average molecular weight is 897 g/mol. The molecule has 0 saturated heterocycles. The highest BCUT2D eigenvalue weighted by Crippen LogP contribution is 2.43. The molecule has 3 heteroatoms. The monoisotopic (exact) mass is 896 g/mol. The van der Waals surface area contributed by atoms with Gasteiger partial charge in [0.05, 0.1) is 11.0 Å². The maximum Gasteiger partial charge on any atom is 0.0547 e. The molecular weight excluding hydrogens is 853 g/mol. The number of rotatable bonds is 9. The van der Waals surface area contributed by atoms with Crippen LogP contribution in [0.3, 0.4) is 0 Å². The first-order valence-electron chi connectivity index (χ1n) is 23.6. The predicted octanol–water partition coefficient (Wildman–Crippen LogP) is 19.0. The Kier molecular flexibility index (Phi) is 10.1. The lowest BCUT2D eigenvalue weighted by Crippen LogP contribution is -2.10. The zero-order valence-electron chi connectivity index (χ0n) is 37.7. The normalized spacial score (nSPS) is 11.5. The van der Waals surface area contributed by atoms with E-state index in [1.54, 1.807) is 0 Å². The molecule has 11 aromatic carbocycles. The van der Waals surface area contributed by atoms with E-state index in [2.05, 4.69) is 276 Å². The molecule has 0 spiro atoms. The van der Waals surface area contributed by atoms with Crippen LogP contribution in [0.15, 0.2) is 267 Å². The van der Waals surface area contributed by atoms with Crippen LogP contribution in [-0.2, 0) is 0 Å². The number of aromatic nitrogens is 1. The molecule has 0 amide bonds. The van der Waals surface area contributed by atoms with Crippen molar-refractivity contribution < 1.29 is 0 Å². The molecule has 69 heavy (non-hydrogen) atoms.